The van der Waals surface area contributed by atoms with Gasteiger partial charge in [0, 0.05) is 6.42 Å². The van der Waals surface area contributed by atoms with Gasteiger partial charge in [-0.05, 0) is 18.9 Å². The minimum atomic E-state index is 0.985. The number of rotatable bonds is 10. The zero-order chi connectivity index (χ0) is 15.6. The van der Waals surface area contributed by atoms with Crippen LogP contribution in [0.1, 0.15) is 63.8 Å². The van der Waals surface area contributed by atoms with Crippen molar-refractivity contribution >= 4 is 0 Å². The second kappa shape index (κ2) is 9.45. The van der Waals surface area contributed by atoms with Gasteiger partial charge in [0.25, 0.3) is 5.82 Å². The molecule has 0 fully saturated rings. The summed E-state index contributed by atoms with van der Waals surface area (Å²) in [6, 6.07) is 10.8. The smallest absolute Gasteiger partial charge is 0.235 e. The summed E-state index contributed by atoms with van der Waals surface area (Å²) in [5.41, 5.74) is 1.38. The number of unbranched alkanes of at least 4 members (excludes halogenated alkanes) is 5. The molecule has 0 radical (unpaired) electrons. The highest BCUT2D eigenvalue weighted by molar-refractivity contribution is 5.13. The van der Waals surface area contributed by atoms with E-state index in [0.29, 0.717) is 0 Å². The molecule has 0 saturated heterocycles. The molecule has 0 bridgehead atoms. The van der Waals surface area contributed by atoms with Crippen LogP contribution >= 0.6 is 0 Å². The van der Waals surface area contributed by atoms with Crippen LogP contribution in [0.2, 0.25) is 0 Å². The van der Waals surface area contributed by atoms with Crippen molar-refractivity contribution in [3.63, 3.8) is 0 Å². The van der Waals surface area contributed by atoms with E-state index in [1.807, 2.05) is 0 Å². The first-order valence-corrected chi connectivity index (χ1v) is 8.96. The summed E-state index contributed by atoms with van der Waals surface area (Å²) in [7, 11) is 0. The average Bonchev–Trinajstić information content (AvgIpc) is 2.93. The van der Waals surface area contributed by atoms with Crippen molar-refractivity contribution in [3.8, 4) is 0 Å². The average molecular weight is 299 g/mol. The van der Waals surface area contributed by atoms with Gasteiger partial charge in [-0.15, -0.1) is 0 Å². The van der Waals surface area contributed by atoms with E-state index in [0.717, 1.165) is 13.1 Å². The lowest BCUT2D eigenvalue weighted by Gasteiger charge is -2.05. The highest BCUT2D eigenvalue weighted by Gasteiger charge is 2.15. The Morgan fingerprint density at radius 1 is 0.909 bits per heavy atom. The molecule has 2 heteroatoms. The summed E-state index contributed by atoms with van der Waals surface area (Å²) in [4.78, 5) is 0. The number of benzene rings is 1. The second-order valence-electron chi connectivity index (χ2n) is 6.13. The van der Waals surface area contributed by atoms with E-state index in [-0.39, 0.29) is 0 Å². The molecule has 120 valence electrons. The third kappa shape index (κ3) is 5.01. The Kier molecular flexibility index (Phi) is 7.21. The molecule has 1 aromatic heterocycles. The number of nitrogens with zero attached hydrogens (tertiary/aromatic N) is 2. The van der Waals surface area contributed by atoms with Crippen LogP contribution in [0.5, 0.6) is 0 Å². The van der Waals surface area contributed by atoms with Crippen molar-refractivity contribution < 1.29 is 4.57 Å². The van der Waals surface area contributed by atoms with Gasteiger partial charge in [0.2, 0.25) is 0 Å². The van der Waals surface area contributed by atoms with Gasteiger partial charge < -0.3 is 0 Å². The first-order valence-electron chi connectivity index (χ1n) is 8.96. The first kappa shape index (κ1) is 16.8. The van der Waals surface area contributed by atoms with Gasteiger partial charge in [-0.1, -0.05) is 69.4 Å². The van der Waals surface area contributed by atoms with Crippen molar-refractivity contribution in [2.45, 2.75) is 71.9 Å². The van der Waals surface area contributed by atoms with Crippen molar-refractivity contribution in [2.75, 3.05) is 0 Å². The van der Waals surface area contributed by atoms with E-state index in [1.165, 1.54) is 56.3 Å². The normalized spacial score (nSPS) is 11.0. The number of aromatic nitrogens is 2. The first-order chi connectivity index (χ1) is 10.8. The number of imidazole rings is 1. The number of hydrogen-bond acceptors (Lipinski definition) is 0. The van der Waals surface area contributed by atoms with Gasteiger partial charge >= 0.3 is 0 Å². The lowest BCUT2D eigenvalue weighted by Crippen LogP contribution is -2.37. The molecule has 0 spiro atoms. The van der Waals surface area contributed by atoms with Crippen LogP contribution < -0.4 is 4.57 Å². The van der Waals surface area contributed by atoms with Crippen LogP contribution in [-0.2, 0) is 19.5 Å². The van der Waals surface area contributed by atoms with Gasteiger partial charge in [0.15, 0.2) is 0 Å². The molecular formula is C20H31N2+. The van der Waals surface area contributed by atoms with Gasteiger partial charge in [0.1, 0.15) is 18.9 Å². The Balaban J connectivity index is 1.92. The Hall–Kier alpha value is -1.57. The molecule has 0 aliphatic rings. The molecule has 0 aliphatic carbocycles. The minimum Gasteiger partial charge on any atom is -0.235 e. The van der Waals surface area contributed by atoms with Crippen LogP contribution in [0.3, 0.4) is 0 Å². The summed E-state index contributed by atoms with van der Waals surface area (Å²) >= 11 is 0. The molecule has 0 saturated carbocycles. The SMILES string of the molecule is CCCCCCCCc1n(CC)cc[n+]1Cc1ccccc1. The zero-order valence-electron chi connectivity index (χ0n) is 14.3. The van der Waals surface area contributed by atoms with Gasteiger partial charge in [-0.2, -0.15) is 0 Å². The summed E-state index contributed by atoms with van der Waals surface area (Å²) in [6.07, 6.45) is 13.8. The van der Waals surface area contributed by atoms with E-state index in [9.17, 15) is 0 Å². The Morgan fingerprint density at radius 2 is 1.64 bits per heavy atom. The lowest BCUT2D eigenvalue weighted by atomic mass is 10.1. The second-order valence-corrected chi connectivity index (χ2v) is 6.13. The maximum Gasteiger partial charge on any atom is 0.256 e. The molecule has 2 rings (SSSR count). The van der Waals surface area contributed by atoms with Crippen molar-refractivity contribution in [3.05, 3.63) is 54.1 Å². The molecule has 0 atom stereocenters. The largest absolute Gasteiger partial charge is 0.256 e. The molecule has 0 unspecified atom stereocenters. The fourth-order valence-electron chi connectivity index (χ4n) is 3.06. The van der Waals surface area contributed by atoms with Gasteiger partial charge in [-0.25, -0.2) is 9.13 Å². The summed E-state index contributed by atoms with van der Waals surface area (Å²) in [5.74, 6) is 1.47. The standard InChI is InChI=1S/C20H31N2/c1-3-5-6-7-8-12-15-20-21(4-2)16-17-22(20)18-19-13-10-9-11-14-19/h9-11,13-14,16-17H,3-8,12,15,18H2,1-2H3/q+1. The monoisotopic (exact) mass is 299 g/mol. The van der Waals surface area contributed by atoms with Gasteiger partial charge in [-0.3, -0.25) is 0 Å². The predicted octanol–water partition coefficient (Wildman–Crippen LogP) is 4.75. The Morgan fingerprint density at radius 3 is 2.36 bits per heavy atom. The quantitative estimate of drug-likeness (QED) is 0.442. The molecule has 1 heterocycles. The molecule has 0 aliphatic heterocycles. The maximum absolute atomic E-state index is 2.42. The third-order valence-electron chi connectivity index (χ3n) is 4.38. The molecule has 0 amide bonds. The van der Waals surface area contributed by atoms with Crippen molar-refractivity contribution in [1.29, 1.82) is 0 Å². The summed E-state index contributed by atoms with van der Waals surface area (Å²) < 4.78 is 4.82. The van der Waals surface area contributed by atoms with Crippen LogP contribution in [0.4, 0.5) is 0 Å². The number of aryl methyl sites for hydroxylation is 1. The van der Waals surface area contributed by atoms with E-state index >= 15 is 0 Å². The molecule has 22 heavy (non-hydrogen) atoms. The summed E-state index contributed by atoms with van der Waals surface area (Å²) in [6.45, 7) is 6.56. The maximum atomic E-state index is 2.42. The van der Waals surface area contributed by atoms with Crippen LogP contribution in [0, 0.1) is 0 Å². The molecular weight excluding hydrogens is 268 g/mol. The fourth-order valence-corrected chi connectivity index (χ4v) is 3.06. The van der Waals surface area contributed by atoms with Crippen molar-refractivity contribution in [1.82, 2.24) is 4.57 Å². The molecule has 1 aromatic carbocycles. The lowest BCUT2D eigenvalue weighted by molar-refractivity contribution is -0.695. The topological polar surface area (TPSA) is 8.81 Å². The summed E-state index contributed by atoms with van der Waals surface area (Å²) in [5, 5.41) is 0. The third-order valence-corrected chi connectivity index (χ3v) is 4.38. The highest BCUT2D eigenvalue weighted by atomic mass is 15.1. The Labute approximate surface area is 135 Å². The van der Waals surface area contributed by atoms with Crippen LogP contribution in [0.15, 0.2) is 42.7 Å². The van der Waals surface area contributed by atoms with Crippen LogP contribution in [-0.4, -0.2) is 4.57 Å². The zero-order valence-corrected chi connectivity index (χ0v) is 14.3. The number of hydrogen-bond donors (Lipinski definition) is 0. The minimum absolute atomic E-state index is 0.985. The van der Waals surface area contributed by atoms with E-state index < -0.39 is 0 Å². The van der Waals surface area contributed by atoms with E-state index in [2.05, 4.69) is 65.7 Å². The van der Waals surface area contributed by atoms with E-state index in [4.69, 9.17) is 0 Å². The van der Waals surface area contributed by atoms with Gasteiger partial charge in [0.05, 0.1) is 6.54 Å². The molecule has 2 aromatic rings. The Bertz CT molecular complexity index is 528. The van der Waals surface area contributed by atoms with E-state index in [1.54, 1.807) is 0 Å². The van der Waals surface area contributed by atoms with Crippen molar-refractivity contribution in [2.24, 2.45) is 0 Å². The highest BCUT2D eigenvalue weighted by Crippen LogP contribution is 2.09. The molecule has 0 N–H and O–H groups in total. The predicted molar refractivity (Wildman–Crippen MR) is 92.9 cm³/mol. The fraction of sp³-hybridized carbons (Fsp3) is 0.550. The molecule has 2 nitrogen and oxygen atoms in total. The van der Waals surface area contributed by atoms with Crippen LogP contribution in [0.25, 0.3) is 0 Å².